The number of aromatic nitrogens is 3. The highest BCUT2D eigenvalue weighted by Crippen LogP contribution is 2.43. The number of nitrogens with zero attached hydrogens (tertiary/aromatic N) is 6. The molecule has 0 unspecified atom stereocenters. The molecule has 0 spiro atoms. The van der Waals surface area contributed by atoms with Gasteiger partial charge in [0, 0.05) is 50.8 Å². The van der Waals surface area contributed by atoms with Crippen LogP contribution in [0.25, 0.3) is 32.9 Å². The van der Waals surface area contributed by atoms with Crippen molar-refractivity contribution >= 4 is 41.7 Å². The lowest BCUT2D eigenvalue weighted by atomic mass is 9.95. The molecule has 0 radical (unpaired) electrons. The summed E-state index contributed by atoms with van der Waals surface area (Å²) in [4.78, 5) is 33.5. The molecule has 3 saturated heterocycles. The smallest absolute Gasteiger partial charge is 0.410 e. The third-order valence-corrected chi connectivity index (χ3v) is 20.0. The Morgan fingerprint density at radius 1 is 1.05 bits per heavy atom. The number of alkyl halides is 1. The topological polar surface area (TPSA) is 93.2 Å². The first-order valence-electron chi connectivity index (χ1n) is 22.2. The summed E-state index contributed by atoms with van der Waals surface area (Å²) in [7, 11) is 1.15. The van der Waals surface area contributed by atoms with Crippen LogP contribution in [0.3, 0.4) is 0 Å². The first kappa shape index (κ1) is 45.6. The number of likely N-dealkylation sites (tertiary alicyclic amines) is 1. The molecule has 7 rings (SSSR count). The number of amides is 1. The van der Waals surface area contributed by atoms with E-state index < -0.39 is 49.2 Å². The van der Waals surface area contributed by atoms with Crippen molar-refractivity contribution in [3.8, 4) is 28.7 Å². The average Bonchev–Trinajstić information content (AvgIpc) is 3.89. The van der Waals surface area contributed by atoms with Gasteiger partial charge in [0.2, 0.25) is 0 Å². The highest BCUT2D eigenvalue weighted by atomic mass is 28.3. The van der Waals surface area contributed by atoms with E-state index in [1.54, 1.807) is 36.4 Å². The molecule has 5 heterocycles. The number of pyridine rings is 1. The van der Waals surface area contributed by atoms with E-state index in [-0.39, 0.29) is 42.0 Å². The van der Waals surface area contributed by atoms with Crippen LogP contribution in [-0.2, 0) is 9.47 Å². The lowest BCUT2D eigenvalue weighted by Gasteiger charge is -2.38. The maximum Gasteiger partial charge on any atom is 0.410 e. The summed E-state index contributed by atoms with van der Waals surface area (Å²) in [6.07, 6.45) is 2.73. The minimum atomic E-state index is -2.27. The number of carbonyl (C=O) groups excluding carboxylic acids is 1. The van der Waals surface area contributed by atoms with Crippen molar-refractivity contribution in [1.82, 2.24) is 24.8 Å². The molecular weight excluding hydrogens is 810 g/mol. The Balaban J connectivity index is 1.38. The standard InChI is InChI=1S/C48H63F3N6O4Si/c1-29(2)62(30(3)4,31(5)6)23-19-34-37(50)17-16-32-14-12-15-35(40(32)34)42-41(51)43-36(25-52-42)44(54-45(53-43)60-28-48-20-13-21-56(48)26-33(49)24-48)55(10)38-18-22-57(39(38)27-59-11)46(58)61-47(7,8)9/h12,14-17,25,29-31,33,38-39H,13,18,20-22,24,26-28H2,1-11H3/t33-,38-,39-,48+/m1/s1. The van der Waals surface area contributed by atoms with Gasteiger partial charge in [-0.2, -0.15) is 9.97 Å². The van der Waals surface area contributed by atoms with Crippen molar-refractivity contribution in [2.24, 2.45) is 0 Å². The molecule has 0 N–H and O–H groups in total. The highest BCUT2D eigenvalue weighted by Gasteiger charge is 2.50. The second-order valence-electron chi connectivity index (χ2n) is 19.5. The van der Waals surface area contributed by atoms with Gasteiger partial charge in [-0.25, -0.2) is 18.0 Å². The molecule has 4 atom stereocenters. The number of halogens is 3. The molecule has 1 amide bonds. The van der Waals surface area contributed by atoms with Crippen LogP contribution in [0.2, 0.25) is 16.6 Å². The number of likely N-dealkylation sites (N-methyl/N-ethyl adjacent to an activating group) is 1. The second kappa shape index (κ2) is 17.6. The third kappa shape index (κ3) is 8.37. The zero-order valence-corrected chi connectivity index (χ0v) is 39.2. The van der Waals surface area contributed by atoms with E-state index in [0.29, 0.717) is 70.1 Å². The molecule has 2 aromatic heterocycles. The molecule has 3 fully saturated rings. The summed E-state index contributed by atoms with van der Waals surface area (Å²) in [5.41, 5.74) is 4.01. The molecule has 62 heavy (non-hydrogen) atoms. The van der Waals surface area contributed by atoms with Crippen molar-refractivity contribution in [1.29, 1.82) is 0 Å². The van der Waals surface area contributed by atoms with Gasteiger partial charge in [0.15, 0.2) is 5.82 Å². The molecular formula is C48H63F3N6O4Si. The van der Waals surface area contributed by atoms with E-state index >= 15 is 8.78 Å². The number of anilines is 1. The number of hydrogen-bond acceptors (Lipinski definition) is 9. The molecule has 2 aromatic carbocycles. The number of carbonyl (C=O) groups is 1. The van der Waals surface area contributed by atoms with Gasteiger partial charge < -0.3 is 24.0 Å². The Morgan fingerprint density at radius 2 is 1.77 bits per heavy atom. The summed E-state index contributed by atoms with van der Waals surface area (Å²) in [5.74, 6) is 2.47. The summed E-state index contributed by atoms with van der Waals surface area (Å²) in [5, 5.41) is 1.51. The van der Waals surface area contributed by atoms with E-state index in [1.807, 2.05) is 38.8 Å². The van der Waals surface area contributed by atoms with Gasteiger partial charge in [0.25, 0.3) is 0 Å². The fourth-order valence-corrected chi connectivity index (χ4v) is 16.0. The van der Waals surface area contributed by atoms with E-state index in [4.69, 9.17) is 29.2 Å². The average molecular weight is 873 g/mol. The van der Waals surface area contributed by atoms with Crippen LogP contribution in [0, 0.1) is 23.1 Å². The fourth-order valence-electron chi connectivity index (χ4n) is 10.8. The molecule has 334 valence electrons. The number of rotatable bonds is 11. The molecule has 0 saturated carbocycles. The van der Waals surface area contributed by atoms with Crippen molar-refractivity contribution in [3.05, 3.63) is 53.7 Å². The van der Waals surface area contributed by atoms with Crippen LogP contribution < -0.4 is 9.64 Å². The van der Waals surface area contributed by atoms with E-state index in [9.17, 15) is 9.18 Å². The van der Waals surface area contributed by atoms with Crippen molar-refractivity contribution in [2.75, 3.05) is 51.9 Å². The van der Waals surface area contributed by atoms with Gasteiger partial charge in [-0.05, 0) is 74.7 Å². The van der Waals surface area contributed by atoms with Crippen molar-refractivity contribution < 1.29 is 32.2 Å². The Hall–Kier alpha value is -4.45. The lowest BCUT2D eigenvalue weighted by Crippen LogP contribution is -2.49. The molecule has 3 aliphatic rings. The number of benzene rings is 2. The maximum atomic E-state index is 17.6. The van der Waals surface area contributed by atoms with Gasteiger partial charge in [0.1, 0.15) is 49.3 Å². The maximum absolute atomic E-state index is 17.6. The molecule has 0 aliphatic carbocycles. The predicted octanol–water partition coefficient (Wildman–Crippen LogP) is 10.1. The van der Waals surface area contributed by atoms with Gasteiger partial charge in [-0.1, -0.05) is 71.7 Å². The normalized spacial score (nSPS) is 22.0. The van der Waals surface area contributed by atoms with E-state index in [2.05, 4.69) is 57.9 Å². The van der Waals surface area contributed by atoms with Crippen LogP contribution >= 0.6 is 0 Å². The summed E-state index contributed by atoms with van der Waals surface area (Å²) < 4.78 is 66.4. The predicted molar refractivity (Wildman–Crippen MR) is 242 cm³/mol. The summed E-state index contributed by atoms with van der Waals surface area (Å²) in [6.45, 7) is 20.6. The number of methoxy groups -OCH3 is 1. The van der Waals surface area contributed by atoms with Gasteiger partial charge in [-0.3, -0.25) is 9.88 Å². The second-order valence-corrected chi connectivity index (χ2v) is 25.1. The minimum Gasteiger partial charge on any atom is -0.461 e. The Morgan fingerprint density at radius 3 is 2.45 bits per heavy atom. The van der Waals surface area contributed by atoms with E-state index in [1.165, 1.54) is 6.07 Å². The van der Waals surface area contributed by atoms with Crippen LogP contribution in [-0.4, -0.2) is 115 Å². The molecule has 3 aliphatic heterocycles. The van der Waals surface area contributed by atoms with Crippen LogP contribution in [0.4, 0.5) is 23.8 Å². The first-order valence-corrected chi connectivity index (χ1v) is 24.4. The molecule has 4 aromatic rings. The van der Waals surface area contributed by atoms with Crippen LogP contribution in [0.1, 0.15) is 93.6 Å². The monoisotopic (exact) mass is 872 g/mol. The molecule has 14 heteroatoms. The minimum absolute atomic E-state index is 0.0130. The largest absolute Gasteiger partial charge is 0.461 e. The Bertz CT molecular complexity index is 2360. The van der Waals surface area contributed by atoms with Crippen molar-refractivity contribution in [2.45, 2.75) is 134 Å². The van der Waals surface area contributed by atoms with Crippen molar-refractivity contribution in [3.63, 3.8) is 0 Å². The summed E-state index contributed by atoms with van der Waals surface area (Å²) >= 11 is 0. The molecule has 10 nitrogen and oxygen atoms in total. The fraction of sp³-hybridized carbons (Fsp3) is 0.583. The zero-order valence-electron chi connectivity index (χ0n) is 38.2. The molecule has 0 bridgehead atoms. The first-order chi connectivity index (χ1) is 29.3. The SMILES string of the molecule is COC[C@@H]1[C@H](N(C)c2nc(OC[C@@]34CCCN3C[C@H](F)C4)nc3c(F)c(-c4cccc5ccc(F)c(C#C[Si](C(C)C)(C(C)C)C(C)C)c45)ncc23)CCN1C(=O)OC(C)(C)C. The van der Waals surface area contributed by atoms with Crippen LogP contribution in [0.5, 0.6) is 6.01 Å². The Kier molecular flexibility index (Phi) is 12.9. The number of hydrogen-bond donors (Lipinski definition) is 0. The van der Waals surface area contributed by atoms with E-state index in [0.717, 1.165) is 19.4 Å². The van der Waals surface area contributed by atoms with Crippen LogP contribution in [0.15, 0.2) is 36.5 Å². The van der Waals surface area contributed by atoms with Gasteiger partial charge >= 0.3 is 12.1 Å². The lowest BCUT2D eigenvalue weighted by molar-refractivity contribution is 0.0136. The number of fused-ring (bicyclic) bond motifs is 3. The summed E-state index contributed by atoms with van der Waals surface area (Å²) in [6, 6.07) is 7.73. The highest BCUT2D eigenvalue weighted by molar-refractivity contribution is 6.90. The third-order valence-electron chi connectivity index (χ3n) is 13.7. The Labute approximate surface area is 365 Å². The number of ether oxygens (including phenoxy) is 3. The van der Waals surface area contributed by atoms with Gasteiger partial charge in [-0.15, -0.1) is 5.54 Å². The zero-order chi connectivity index (χ0) is 44.9. The van der Waals surface area contributed by atoms with Gasteiger partial charge in [0.05, 0.1) is 35.2 Å². The quantitative estimate of drug-likeness (QED) is 0.108.